The Bertz CT molecular complexity index is 742. The third-order valence-corrected chi connectivity index (χ3v) is 3.87. The van der Waals surface area contributed by atoms with E-state index in [0.717, 1.165) is 18.5 Å². The highest BCUT2D eigenvalue weighted by Gasteiger charge is 2.28. The number of nitrogens with one attached hydrogen (secondary N) is 2. The zero-order chi connectivity index (χ0) is 17.9. The number of halogens is 3. The van der Waals surface area contributed by atoms with Crippen LogP contribution in [0.15, 0.2) is 36.4 Å². The molecule has 1 aliphatic carbocycles. The average molecular weight is 350 g/mol. The highest BCUT2D eigenvalue weighted by atomic mass is 19.4. The minimum Gasteiger partial charge on any atom is -0.334 e. The first-order valence-electron chi connectivity index (χ1n) is 7.93. The van der Waals surface area contributed by atoms with Crippen LogP contribution in [0, 0.1) is 0 Å². The van der Waals surface area contributed by atoms with Crippen LogP contribution >= 0.6 is 0 Å². The van der Waals surface area contributed by atoms with Crippen molar-refractivity contribution in [3.05, 3.63) is 53.2 Å². The maximum Gasteiger partial charge on any atom is 0.393 e. The van der Waals surface area contributed by atoms with Gasteiger partial charge in [0.2, 0.25) is 0 Å². The van der Waals surface area contributed by atoms with Crippen molar-refractivity contribution in [3.63, 3.8) is 0 Å². The molecule has 8 heteroatoms. The van der Waals surface area contributed by atoms with E-state index in [1.807, 2.05) is 6.07 Å². The summed E-state index contributed by atoms with van der Waals surface area (Å²) in [6.45, 7) is -0.00826. The summed E-state index contributed by atoms with van der Waals surface area (Å²) in [6.07, 6.45) is -3.10. The fourth-order valence-corrected chi connectivity index (χ4v) is 2.46. The lowest BCUT2D eigenvalue weighted by atomic mass is 10.0. The Labute approximate surface area is 142 Å². The number of aromatic nitrogens is 2. The Morgan fingerprint density at radius 2 is 1.80 bits per heavy atom. The molecule has 1 aromatic carbocycles. The molecule has 0 bridgehead atoms. The molecule has 1 heterocycles. The summed E-state index contributed by atoms with van der Waals surface area (Å²) in [5, 5.41) is 13.0. The molecule has 1 saturated carbocycles. The van der Waals surface area contributed by atoms with Crippen LogP contribution in [0.1, 0.15) is 35.6 Å². The fraction of sp³-hybridized carbons (Fsp3) is 0.353. The smallest absolute Gasteiger partial charge is 0.334 e. The summed E-state index contributed by atoms with van der Waals surface area (Å²) in [5.74, 6) is 0.769. The highest BCUT2D eigenvalue weighted by Crippen LogP contribution is 2.38. The van der Waals surface area contributed by atoms with Crippen molar-refractivity contribution in [3.8, 4) is 0 Å². The van der Waals surface area contributed by atoms with Crippen LogP contribution in [0.3, 0.4) is 0 Å². The number of carbonyl (C=O) groups is 1. The minimum atomic E-state index is -4.29. The normalized spacial score (nSPS) is 14.2. The van der Waals surface area contributed by atoms with Gasteiger partial charge in [-0.3, -0.25) is 5.32 Å². The second-order valence-electron chi connectivity index (χ2n) is 5.99. The number of rotatable bonds is 5. The van der Waals surface area contributed by atoms with Crippen molar-refractivity contribution >= 4 is 11.8 Å². The predicted molar refractivity (Wildman–Crippen MR) is 86.1 cm³/mol. The van der Waals surface area contributed by atoms with Gasteiger partial charge in [0.25, 0.3) is 0 Å². The van der Waals surface area contributed by atoms with Crippen LogP contribution in [-0.2, 0) is 13.0 Å². The van der Waals surface area contributed by atoms with Gasteiger partial charge in [-0.2, -0.15) is 18.3 Å². The topological polar surface area (TPSA) is 66.9 Å². The van der Waals surface area contributed by atoms with E-state index in [-0.39, 0.29) is 12.1 Å². The summed E-state index contributed by atoms with van der Waals surface area (Å²) in [5.41, 5.74) is 1.47. The standard InChI is InChI=1S/C17H17F3N4O/c18-17(19,20)9-12-3-1-2-4-13(12)10-21-16(25)22-15-8-7-14(23-24-15)11-5-6-11/h1-4,7-8,11H,5-6,9-10H2,(H2,21,22,24,25). The van der Waals surface area contributed by atoms with Gasteiger partial charge in [0.1, 0.15) is 0 Å². The van der Waals surface area contributed by atoms with E-state index in [1.54, 1.807) is 24.3 Å². The summed E-state index contributed by atoms with van der Waals surface area (Å²) in [6, 6.07) is 9.08. The molecule has 3 rings (SSSR count). The summed E-state index contributed by atoms with van der Waals surface area (Å²) in [7, 11) is 0. The van der Waals surface area contributed by atoms with Crippen LogP contribution in [0.25, 0.3) is 0 Å². The van der Waals surface area contributed by atoms with E-state index in [4.69, 9.17) is 0 Å². The third-order valence-electron chi connectivity index (χ3n) is 3.87. The number of nitrogens with zero attached hydrogens (tertiary/aromatic N) is 2. The van der Waals surface area contributed by atoms with E-state index in [1.165, 1.54) is 6.07 Å². The molecule has 1 aromatic heterocycles. The monoisotopic (exact) mass is 350 g/mol. The Kier molecular flexibility index (Phi) is 4.87. The number of alkyl halides is 3. The van der Waals surface area contributed by atoms with Crippen LogP contribution < -0.4 is 10.6 Å². The molecule has 2 N–H and O–H groups in total. The zero-order valence-electron chi connectivity index (χ0n) is 13.3. The molecule has 1 aliphatic rings. The lowest BCUT2D eigenvalue weighted by molar-refractivity contribution is -0.127. The van der Waals surface area contributed by atoms with E-state index in [0.29, 0.717) is 17.3 Å². The van der Waals surface area contributed by atoms with Gasteiger partial charge in [-0.1, -0.05) is 24.3 Å². The van der Waals surface area contributed by atoms with Crippen molar-refractivity contribution in [2.45, 2.75) is 37.9 Å². The molecule has 0 radical (unpaired) electrons. The lowest BCUT2D eigenvalue weighted by Crippen LogP contribution is -2.29. The van der Waals surface area contributed by atoms with Gasteiger partial charge < -0.3 is 5.32 Å². The number of anilines is 1. The van der Waals surface area contributed by atoms with Crippen molar-refractivity contribution in [2.24, 2.45) is 0 Å². The van der Waals surface area contributed by atoms with Crippen LogP contribution in [0.2, 0.25) is 0 Å². The molecule has 5 nitrogen and oxygen atoms in total. The molecule has 0 unspecified atom stereocenters. The maximum atomic E-state index is 12.6. The summed E-state index contributed by atoms with van der Waals surface area (Å²) in [4.78, 5) is 11.9. The van der Waals surface area contributed by atoms with Gasteiger partial charge in [0, 0.05) is 12.5 Å². The van der Waals surface area contributed by atoms with Crippen molar-refractivity contribution < 1.29 is 18.0 Å². The predicted octanol–water partition coefficient (Wildman–Crippen LogP) is 3.78. The van der Waals surface area contributed by atoms with Gasteiger partial charge >= 0.3 is 12.2 Å². The van der Waals surface area contributed by atoms with Crippen LogP contribution in [0.5, 0.6) is 0 Å². The van der Waals surface area contributed by atoms with E-state index < -0.39 is 18.6 Å². The number of hydrogen-bond donors (Lipinski definition) is 2. The molecule has 2 amide bonds. The molecule has 132 valence electrons. The van der Waals surface area contributed by atoms with Gasteiger partial charge in [0.15, 0.2) is 5.82 Å². The lowest BCUT2D eigenvalue weighted by Gasteiger charge is -2.13. The molecular weight excluding hydrogens is 333 g/mol. The Morgan fingerprint density at radius 3 is 2.40 bits per heavy atom. The van der Waals surface area contributed by atoms with Crippen LogP contribution in [0.4, 0.5) is 23.8 Å². The number of amides is 2. The first-order valence-corrected chi connectivity index (χ1v) is 7.93. The average Bonchev–Trinajstić information content (AvgIpc) is 3.38. The molecule has 0 atom stereocenters. The Hall–Kier alpha value is -2.64. The summed E-state index contributed by atoms with van der Waals surface area (Å²) >= 11 is 0. The first kappa shape index (κ1) is 17.2. The molecule has 2 aromatic rings. The van der Waals surface area contributed by atoms with Gasteiger partial charge in [0.05, 0.1) is 12.1 Å². The van der Waals surface area contributed by atoms with Gasteiger partial charge in [-0.05, 0) is 36.1 Å². The molecular formula is C17H17F3N4O. The quantitative estimate of drug-likeness (QED) is 0.862. The van der Waals surface area contributed by atoms with Gasteiger partial charge in [-0.15, -0.1) is 5.10 Å². The van der Waals surface area contributed by atoms with Gasteiger partial charge in [-0.25, -0.2) is 4.79 Å². The van der Waals surface area contributed by atoms with Crippen molar-refractivity contribution in [1.29, 1.82) is 0 Å². The van der Waals surface area contributed by atoms with E-state index in [9.17, 15) is 18.0 Å². The molecule has 25 heavy (non-hydrogen) atoms. The number of benzene rings is 1. The second-order valence-corrected chi connectivity index (χ2v) is 5.99. The largest absolute Gasteiger partial charge is 0.393 e. The number of hydrogen-bond acceptors (Lipinski definition) is 3. The molecule has 0 spiro atoms. The van der Waals surface area contributed by atoms with Crippen molar-refractivity contribution in [1.82, 2.24) is 15.5 Å². The molecule has 0 saturated heterocycles. The van der Waals surface area contributed by atoms with Crippen LogP contribution in [-0.4, -0.2) is 22.4 Å². The second kappa shape index (κ2) is 7.08. The Balaban J connectivity index is 1.55. The van der Waals surface area contributed by atoms with Crippen molar-refractivity contribution in [2.75, 3.05) is 5.32 Å². The van der Waals surface area contributed by atoms with E-state index in [2.05, 4.69) is 20.8 Å². The third kappa shape index (κ3) is 5.17. The number of urea groups is 1. The zero-order valence-corrected chi connectivity index (χ0v) is 13.3. The fourth-order valence-electron chi connectivity index (χ4n) is 2.46. The highest BCUT2D eigenvalue weighted by molar-refractivity contribution is 5.88. The SMILES string of the molecule is O=C(NCc1ccccc1CC(F)(F)F)Nc1ccc(C2CC2)nn1. The van der Waals surface area contributed by atoms with E-state index >= 15 is 0 Å². The number of carbonyl (C=O) groups excluding carboxylic acids is 1. The maximum absolute atomic E-state index is 12.6. The Morgan fingerprint density at radius 1 is 1.08 bits per heavy atom. The molecule has 1 fully saturated rings. The first-order chi connectivity index (χ1) is 11.9. The summed E-state index contributed by atoms with van der Waals surface area (Å²) < 4.78 is 37.8. The molecule has 0 aliphatic heterocycles. The minimum absolute atomic E-state index is 0.00826.